The maximum absolute atomic E-state index is 10.2. The molecule has 2 aromatic rings. The Morgan fingerprint density at radius 1 is 1.40 bits per heavy atom. The zero-order valence-corrected chi connectivity index (χ0v) is 10.3. The number of anilines is 1. The molecule has 3 heterocycles. The maximum Gasteiger partial charge on any atom is 0.167 e. The number of hydrogen-bond donors (Lipinski definition) is 4. The van der Waals surface area contributed by atoms with Crippen molar-refractivity contribution in [1.82, 2.24) is 19.5 Å². The SMILES string of the molecule is NOC1C(O)[C@H](n2cnc3c(N)ncnc32)O[C@@H]1CO. The minimum Gasteiger partial charge on any atom is -0.394 e. The van der Waals surface area contributed by atoms with Crippen molar-refractivity contribution in [3.8, 4) is 0 Å². The molecular formula is C10H14N6O4. The molecule has 0 amide bonds. The van der Waals surface area contributed by atoms with Gasteiger partial charge in [-0.25, -0.2) is 20.8 Å². The Kier molecular flexibility index (Phi) is 3.23. The van der Waals surface area contributed by atoms with Gasteiger partial charge in [-0.1, -0.05) is 0 Å². The number of nitrogens with two attached hydrogens (primary N) is 2. The number of aromatic nitrogens is 4. The first-order valence-corrected chi connectivity index (χ1v) is 5.90. The Balaban J connectivity index is 2.01. The van der Waals surface area contributed by atoms with Crippen molar-refractivity contribution in [1.29, 1.82) is 0 Å². The smallest absolute Gasteiger partial charge is 0.167 e. The second-order valence-corrected chi connectivity index (χ2v) is 4.42. The van der Waals surface area contributed by atoms with Crippen LogP contribution in [0.4, 0.5) is 5.82 Å². The molecule has 4 atom stereocenters. The van der Waals surface area contributed by atoms with Gasteiger partial charge in [0, 0.05) is 0 Å². The van der Waals surface area contributed by atoms with Crippen LogP contribution in [0.3, 0.4) is 0 Å². The van der Waals surface area contributed by atoms with Crippen molar-refractivity contribution < 1.29 is 19.8 Å². The van der Waals surface area contributed by atoms with Crippen molar-refractivity contribution in [3.63, 3.8) is 0 Å². The number of aliphatic hydroxyl groups is 2. The van der Waals surface area contributed by atoms with Crippen LogP contribution in [0.1, 0.15) is 6.23 Å². The van der Waals surface area contributed by atoms with E-state index in [4.69, 9.17) is 16.4 Å². The van der Waals surface area contributed by atoms with Gasteiger partial charge in [0.15, 0.2) is 17.7 Å². The highest BCUT2D eigenvalue weighted by Crippen LogP contribution is 2.32. The molecule has 20 heavy (non-hydrogen) atoms. The lowest BCUT2D eigenvalue weighted by atomic mass is 10.1. The molecule has 1 aliphatic rings. The van der Waals surface area contributed by atoms with E-state index in [2.05, 4.69) is 19.8 Å². The molecule has 0 radical (unpaired) electrons. The van der Waals surface area contributed by atoms with Crippen LogP contribution in [0.25, 0.3) is 11.2 Å². The van der Waals surface area contributed by atoms with E-state index in [0.717, 1.165) is 0 Å². The molecule has 1 fully saturated rings. The van der Waals surface area contributed by atoms with Crippen LogP contribution in [-0.4, -0.2) is 54.7 Å². The van der Waals surface area contributed by atoms with Crippen molar-refractivity contribution in [2.75, 3.05) is 12.3 Å². The normalized spacial score (nSPS) is 30.1. The minimum atomic E-state index is -1.08. The summed E-state index contributed by atoms with van der Waals surface area (Å²) in [7, 11) is 0. The monoisotopic (exact) mass is 282 g/mol. The first-order valence-electron chi connectivity index (χ1n) is 5.90. The Hall–Kier alpha value is -1.85. The van der Waals surface area contributed by atoms with Crippen molar-refractivity contribution in [2.45, 2.75) is 24.5 Å². The number of nitrogen functional groups attached to an aromatic ring is 1. The summed E-state index contributed by atoms with van der Waals surface area (Å²) in [6.07, 6.45) is -0.779. The summed E-state index contributed by atoms with van der Waals surface area (Å²) in [6.45, 7) is -0.334. The Morgan fingerprint density at radius 2 is 2.20 bits per heavy atom. The second kappa shape index (κ2) is 4.92. The van der Waals surface area contributed by atoms with Gasteiger partial charge >= 0.3 is 0 Å². The largest absolute Gasteiger partial charge is 0.394 e. The number of fused-ring (bicyclic) bond motifs is 1. The van der Waals surface area contributed by atoms with Crippen molar-refractivity contribution >= 4 is 17.0 Å². The van der Waals surface area contributed by atoms with E-state index in [0.29, 0.717) is 11.2 Å². The zero-order valence-electron chi connectivity index (χ0n) is 10.3. The third kappa shape index (κ3) is 1.82. The van der Waals surface area contributed by atoms with Gasteiger partial charge < -0.3 is 20.7 Å². The summed E-state index contributed by atoms with van der Waals surface area (Å²) in [5.41, 5.74) is 6.51. The van der Waals surface area contributed by atoms with Crippen molar-refractivity contribution in [3.05, 3.63) is 12.7 Å². The molecule has 0 aliphatic carbocycles. The lowest BCUT2D eigenvalue weighted by Crippen LogP contribution is -2.38. The van der Waals surface area contributed by atoms with E-state index in [1.807, 2.05) is 0 Å². The molecular weight excluding hydrogens is 268 g/mol. The minimum absolute atomic E-state index is 0.228. The van der Waals surface area contributed by atoms with E-state index in [9.17, 15) is 10.2 Å². The number of rotatable bonds is 3. The average molecular weight is 282 g/mol. The third-order valence-corrected chi connectivity index (χ3v) is 3.31. The number of nitrogens with zero attached hydrogens (tertiary/aromatic N) is 4. The van der Waals surface area contributed by atoms with Crippen LogP contribution in [-0.2, 0) is 9.57 Å². The van der Waals surface area contributed by atoms with E-state index < -0.39 is 24.5 Å². The molecule has 2 aromatic heterocycles. The molecule has 10 heteroatoms. The quantitative estimate of drug-likeness (QED) is 0.464. The number of hydrogen-bond acceptors (Lipinski definition) is 9. The Morgan fingerprint density at radius 3 is 2.85 bits per heavy atom. The van der Waals surface area contributed by atoms with Crippen molar-refractivity contribution in [2.24, 2.45) is 5.90 Å². The highest BCUT2D eigenvalue weighted by molar-refractivity contribution is 5.81. The molecule has 1 saturated heterocycles. The van der Waals surface area contributed by atoms with Gasteiger partial charge in [0.05, 0.1) is 12.9 Å². The fraction of sp³-hybridized carbons (Fsp3) is 0.500. The van der Waals surface area contributed by atoms with Gasteiger partial charge in [-0.15, -0.1) is 0 Å². The highest BCUT2D eigenvalue weighted by Gasteiger charge is 2.45. The topological polar surface area (TPSA) is 155 Å². The van der Waals surface area contributed by atoms with Gasteiger partial charge in [0.25, 0.3) is 0 Å². The molecule has 1 aliphatic heterocycles. The van der Waals surface area contributed by atoms with Crippen LogP contribution in [0.5, 0.6) is 0 Å². The summed E-state index contributed by atoms with van der Waals surface area (Å²) in [5.74, 6) is 5.35. The fourth-order valence-corrected chi connectivity index (χ4v) is 2.32. The Labute approximate surface area is 112 Å². The summed E-state index contributed by atoms with van der Waals surface area (Å²) in [6, 6.07) is 0. The van der Waals surface area contributed by atoms with Crippen LogP contribution >= 0.6 is 0 Å². The molecule has 10 nitrogen and oxygen atoms in total. The summed E-state index contributed by atoms with van der Waals surface area (Å²) in [5, 5.41) is 19.4. The standard InChI is InChI=1S/C10H14N6O4/c11-8-5-9(14-2-13-8)16(3-15-5)10-6(18)7(20-12)4(1-17)19-10/h2-4,6-7,10,17-18H,1,12H2,(H2,11,13,14)/t4-,6?,7?,10-/m1/s1. The first kappa shape index (κ1) is 13.1. The second-order valence-electron chi connectivity index (χ2n) is 4.42. The Bertz CT molecular complexity index is 619. The van der Waals surface area contributed by atoms with Gasteiger partial charge in [0.1, 0.15) is 30.2 Å². The fourth-order valence-electron chi connectivity index (χ4n) is 2.32. The molecule has 3 rings (SSSR count). The first-order chi connectivity index (χ1) is 9.67. The van der Waals surface area contributed by atoms with Crippen LogP contribution in [0, 0.1) is 0 Å². The van der Waals surface area contributed by atoms with Crippen LogP contribution < -0.4 is 11.6 Å². The molecule has 0 aromatic carbocycles. The average Bonchev–Trinajstić information content (AvgIpc) is 3.00. The lowest BCUT2D eigenvalue weighted by molar-refractivity contribution is -0.0613. The van der Waals surface area contributed by atoms with Gasteiger partial charge in [-0.3, -0.25) is 9.40 Å². The van der Waals surface area contributed by atoms with E-state index in [1.54, 1.807) is 0 Å². The predicted octanol–water partition coefficient (Wildman–Crippen LogP) is -2.08. The molecule has 0 spiro atoms. The molecule has 0 bridgehead atoms. The lowest BCUT2D eigenvalue weighted by Gasteiger charge is -2.17. The molecule has 108 valence electrons. The predicted molar refractivity (Wildman–Crippen MR) is 65.8 cm³/mol. The van der Waals surface area contributed by atoms with E-state index in [-0.39, 0.29) is 12.4 Å². The third-order valence-electron chi connectivity index (χ3n) is 3.31. The maximum atomic E-state index is 10.2. The number of aliphatic hydroxyl groups excluding tert-OH is 2. The summed E-state index contributed by atoms with van der Waals surface area (Å²) in [4.78, 5) is 16.6. The van der Waals surface area contributed by atoms with E-state index in [1.165, 1.54) is 17.2 Å². The van der Waals surface area contributed by atoms with Gasteiger partial charge in [-0.2, -0.15) is 0 Å². The highest BCUT2D eigenvalue weighted by atomic mass is 16.7. The number of imidazole rings is 1. The zero-order chi connectivity index (χ0) is 14.3. The molecule has 0 saturated carbocycles. The summed E-state index contributed by atoms with van der Waals surface area (Å²) >= 11 is 0. The van der Waals surface area contributed by atoms with Gasteiger partial charge in [0.2, 0.25) is 0 Å². The van der Waals surface area contributed by atoms with Gasteiger partial charge in [-0.05, 0) is 0 Å². The molecule has 6 N–H and O–H groups in total. The summed E-state index contributed by atoms with van der Waals surface area (Å²) < 4.78 is 7.04. The molecule has 2 unspecified atom stereocenters. The van der Waals surface area contributed by atoms with Crippen LogP contribution in [0.2, 0.25) is 0 Å². The van der Waals surface area contributed by atoms with Crippen LogP contribution in [0.15, 0.2) is 12.7 Å². The number of ether oxygens (including phenoxy) is 1. The van der Waals surface area contributed by atoms with E-state index >= 15 is 0 Å².